The average Bonchev–Trinajstić information content (AvgIpc) is 4.13. The van der Waals surface area contributed by atoms with Crippen LogP contribution < -0.4 is 90.2 Å². The van der Waals surface area contributed by atoms with Crippen LogP contribution in [0.4, 0.5) is 45.3 Å². The third-order valence-corrected chi connectivity index (χ3v) is 15.9. The number of hydrogen-bond donors (Lipinski definition) is 3. The van der Waals surface area contributed by atoms with Crippen molar-refractivity contribution >= 4 is 116 Å². The monoisotopic (exact) mass is 1150 g/mol. The van der Waals surface area contributed by atoms with Crippen LogP contribution in [-0.2, 0) is 20.3 Å². The van der Waals surface area contributed by atoms with Gasteiger partial charge in [-0.1, -0.05) is 78.8 Å². The number of carboxylic acids is 2. The SMILES string of the molecule is Cc1cc(C)c(Nc2nc(N(c3nc4ccc(C(=O)ON)cc4s3)c3c(C)cc(C)cc3C)cc(C)c2N=Nc2c(C#N)c(C(C)(C)C)nn2-c2nc3ccc(S(=O)(=O)Nc4cc(C(=O)[O-])cc(C(=O)[O-])c4)cc3s2)c(C)c1.[Na+].[Na+]. The van der Waals surface area contributed by atoms with Crippen LogP contribution in [0.3, 0.4) is 0 Å². The van der Waals surface area contributed by atoms with Gasteiger partial charge in [-0.15, -0.1) is 10.2 Å². The van der Waals surface area contributed by atoms with Crippen LogP contribution in [0.2, 0.25) is 0 Å². The second kappa shape index (κ2) is 23.6. The van der Waals surface area contributed by atoms with E-state index in [0.717, 1.165) is 74.3 Å². The molecule has 0 radical (unpaired) electrons. The van der Waals surface area contributed by atoms with E-state index >= 15 is 0 Å². The Morgan fingerprint density at radius 2 is 1.32 bits per heavy atom. The van der Waals surface area contributed by atoms with E-state index in [2.05, 4.69) is 45.2 Å². The molecule has 4 aromatic heterocycles. The molecule has 0 unspecified atom stereocenters. The summed E-state index contributed by atoms with van der Waals surface area (Å²) >= 11 is 2.40. The predicted molar refractivity (Wildman–Crippen MR) is 295 cm³/mol. The molecule has 0 fully saturated rings. The van der Waals surface area contributed by atoms with Crippen molar-refractivity contribution in [3.63, 3.8) is 0 Å². The average molecular weight is 1150 g/mol. The zero-order chi connectivity index (χ0) is 56.3. The fraction of sp³-hybridized carbons (Fsp3) is 0.200. The number of thiazole rings is 2. The van der Waals surface area contributed by atoms with Crippen molar-refractivity contribution in [2.75, 3.05) is 14.9 Å². The standard InChI is InChI=1S/C55H50N12O8S3.2Na/c1-26-15-28(3)44(29(4)16-26)61-48-45(30(5)19-43(60-48)66(46-31(6)17-27(2)18-32(46)7)53-58-39-13-11-33(52(72)75-57)23-41(39)76-53)62-63-49-38(25-56)47(55(8,9)10)64-67(49)54-59-40-14-12-37(24-42(40)77-54)78(73,74)65-36-21-34(50(68)69)20-35(22-36)51(70)71;;/h11-24,65H,57H2,1-10H3,(H,60,61)(H,68,69)(H,70,71);;/q;2*+1/p-2. The van der Waals surface area contributed by atoms with Crippen LogP contribution in [0.5, 0.6) is 0 Å². The first-order valence-corrected chi connectivity index (χ1v) is 27.0. The molecule has 0 saturated carbocycles. The predicted octanol–water partition coefficient (Wildman–Crippen LogP) is 4.01. The summed E-state index contributed by atoms with van der Waals surface area (Å²) in [5, 5.41) is 53.0. The Hall–Kier alpha value is -6.95. The minimum atomic E-state index is -4.45. The Labute approximate surface area is 512 Å². The van der Waals surface area contributed by atoms with E-state index in [4.69, 9.17) is 36.2 Å². The number of carboxylic acid groups (broad SMARTS) is 2. The van der Waals surface area contributed by atoms with Crippen molar-refractivity contribution in [1.29, 1.82) is 5.26 Å². The van der Waals surface area contributed by atoms with Gasteiger partial charge in [0.25, 0.3) is 10.0 Å². The van der Waals surface area contributed by atoms with Gasteiger partial charge in [0, 0.05) is 11.1 Å². The number of nitrogens with one attached hydrogen (secondary N) is 2. The number of fused-ring (bicyclic) bond motifs is 2. The summed E-state index contributed by atoms with van der Waals surface area (Å²) < 4.78 is 32.2. The molecule has 25 heteroatoms. The second-order valence-electron chi connectivity index (χ2n) is 19.7. The normalized spacial score (nSPS) is 11.5. The maximum Gasteiger partial charge on any atom is 1.00 e. The summed E-state index contributed by atoms with van der Waals surface area (Å²) in [7, 11) is -4.45. The van der Waals surface area contributed by atoms with E-state index in [0.29, 0.717) is 54.1 Å². The van der Waals surface area contributed by atoms with Gasteiger partial charge in [-0.2, -0.15) is 20.9 Å². The summed E-state index contributed by atoms with van der Waals surface area (Å²) in [6.45, 7) is 19.6. The largest absolute Gasteiger partial charge is 1.00 e. The number of rotatable bonds is 14. The summed E-state index contributed by atoms with van der Waals surface area (Å²) in [5.74, 6) is 1.94. The Morgan fingerprint density at radius 3 is 1.91 bits per heavy atom. The summed E-state index contributed by atoms with van der Waals surface area (Å²) in [6.07, 6.45) is 0. The van der Waals surface area contributed by atoms with E-state index in [1.54, 1.807) is 18.2 Å². The molecular formula is C55H48N12Na2O8S3. The number of carbonyl (C=O) groups excluding carboxylic acids is 3. The molecule has 0 amide bonds. The molecule has 0 atom stereocenters. The van der Waals surface area contributed by atoms with Gasteiger partial charge in [-0.05, 0) is 148 Å². The molecule has 396 valence electrons. The van der Waals surface area contributed by atoms with Crippen LogP contribution in [0, 0.1) is 59.8 Å². The fourth-order valence-corrected chi connectivity index (χ4v) is 12.3. The van der Waals surface area contributed by atoms with Crippen molar-refractivity contribution in [3.8, 4) is 11.2 Å². The van der Waals surface area contributed by atoms with Crippen LogP contribution >= 0.6 is 22.7 Å². The van der Waals surface area contributed by atoms with Gasteiger partial charge in [0.2, 0.25) is 5.13 Å². The first-order valence-electron chi connectivity index (χ1n) is 23.9. The van der Waals surface area contributed by atoms with Gasteiger partial charge >= 0.3 is 65.1 Å². The topological polar surface area (TPSA) is 299 Å². The van der Waals surface area contributed by atoms with E-state index in [9.17, 15) is 38.3 Å². The van der Waals surface area contributed by atoms with Gasteiger partial charge in [0.1, 0.15) is 23.1 Å². The van der Waals surface area contributed by atoms with Gasteiger partial charge < -0.3 is 30.0 Å². The third kappa shape index (κ3) is 12.2. The summed E-state index contributed by atoms with van der Waals surface area (Å²) in [4.78, 5) is 57.2. The molecule has 0 aliphatic rings. The van der Waals surface area contributed by atoms with Crippen molar-refractivity contribution in [2.24, 2.45) is 16.1 Å². The van der Waals surface area contributed by atoms with Crippen LogP contribution in [0.15, 0.2) is 100 Å². The van der Waals surface area contributed by atoms with Gasteiger partial charge in [-0.3, -0.25) is 9.62 Å². The maximum atomic E-state index is 13.7. The summed E-state index contributed by atoms with van der Waals surface area (Å²) in [5.41, 5.74) is 8.06. The molecule has 0 aliphatic heterocycles. The molecule has 4 N–H and O–H groups in total. The van der Waals surface area contributed by atoms with E-state index < -0.39 is 44.5 Å². The molecule has 0 aliphatic carbocycles. The van der Waals surface area contributed by atoms with E-state index in [-0.39, 0.29) is 91.8 Å². The number of aromatic nitrogens is 5. The molecular weight excluding hydrogens is 1100 g/mol. The molecule has 0 spiro atoms. The number of nitriles is 1. The zero-order valence-electron chi connectivity index (χ0n) is 45.7. The van der Waals surface area contributed by atoms with Crippen molar-refractivity contribution in [3.05, 3.63) is 152 Å². The van der Waals surface area contributed by atoms with E-state index in [1.165, 1.54) is 34.2 Å². The minimum Gasteiger partial charge on any atom is -0.545 e. The number of hydrogen-bond acceptors (Lipinski definition) is 20. The smallest absolute Gasteiger partial charge is 0.545 e. The summed E-state index contributed by atoms with van der Waals surface area (Å²) in [6, 6.07) is 24.2. The van der Waals surface area contributed by atoms with Crippen molar-refractivity contribution in [1.82, 2.24) is 24.7 Å². The van der Waals surface area contributed by atoms with Crippen LogP contribution in [0.1, 0.15) is 102 Å². The maximum absolute atomic E-state index is 13.7. The molecule has 80 heavy (non-hydrogen) atoms. The number of anilines is 6. The van der Waals surface area contributed by atoms with E-state index in [1.807, 2.05) is 80.2 Å². The van der Waals surface area contributed by atoms with Gasteiger partial charge in [-0.25, -0.2) is 28.2 Å². The van der Waals surface area contributed by atoms with Crippen molar-refractivity contribution in [2.45, 2.75) is 79.5 Å². The number of benzene rings is 5. The van der Waals surface area contributed by atoms with Gasteiger partial charge in [0.05, 0.1) is 59.9 Å². The number of carbonyl (C=O) groups is 3. The Bertz CT molecular complexity index is 4120. The molecule has 0 bridgehead atoms. The number of aryl methyl sites for hydroxylation is 7. The zero-order valence-corrected chi connectivity index (χ0v) is 52.1. The third-order valence-electron chi connectivity index (χ3n) is 12.5. The number of pyridine rings is 1. The number of sulfonamides is 1. The molecule has 4 heterocycles. The van der Waals surface area contributed by atoms with Crippen LogP contribution in [-0.4, -0.2) is 51.1 Å². The van der Waals surface area contributed by atoms with Gasteiger partial charge in [0.15, 0.2) is 16.8 Å². The fourth-order valence-electron chi connectivity index (χ4n) is 9.16. The number of nitrogens with zero attached hydrogens (tertiary/aromatic N) is 9. The molecule has 20 nitrogen and oxygen atoms in total. The molecule has 0 saturated heterocycles. The Morgan fingerprint density at radius 1 is 0.738 bits per heavy atom. The number of nitrogens with two attached hydrogens (primary N) is 1. The number of azo groups is 1. The first-order chi connectivity index (χ1) is 36.8. The van der Waals surface area contributed by atoms with Crippen LogP contribution in [0.25, 0.3) is 25.6 Å². The quantitative estimate of drug-likeness (QED) is 0.0787. The molecule has 9 aromatic rings. The second-order valence-corrected chi connectivity index (χ2v) is 23.4. The molecule has 9 rings (SSSR count). The Balaban J connectivity index is 0.00000462. The minimum absolute atomic E-state index is 0. The first kappa shape index (κ1) is 60.7. The molecule has 5 aromatic carbocycles. The number of aromatic carboxylic acids is 2. The van der Waals surface area contributed by atoms with Crippen molar-refractivity contribution < 1.29 is 97.0 Å². The Kier molecular flexibility index (Phi) is 17.9.